The van der Waals surface area contributed by atoms with Gasteiger partial charge in [0.2, 0.25) is 0 Å². The minimum Gasteiger partial charge on any atom is -0.282 e. The molecule has 1 aliphatic carbocycles. The highest BCUT2D eigenvalue weighted by molar-refractivity contribution is 7.87. The van der Waals surface area contributed by atoms with Gasteiger partial charge in [0.15, 0.2) is 11.6 Å². The number of aromatic nitrogens is 2. The first kappa shape index (κ1) is 18.9. The minimum atomic E-state index is -3.42. The number of nitrogens with one attached hydrogen (secondary N) is 2. The van der Waals surface area contributed by atoms with Crippen LogP contribution in [-0.4, -0.2) is 43.1 Å². The molecule has 9 heteroatoms. The molecule has 1 aromatic heterocycles. The predicted octanol–water partition coefficient (Wildman–Crippen LogP) is 2.78. The summed E-state index contributed by atoms with van der Waals surface area (Å²) in [4.78, 5) is 0. The van der Waals surface area contributed by atoms with Crippen LogP contribution in [0.15, 0.2) is 24.3 Å². The van der Waals surface area contributed by atoms with Gasteiger partial charge >= 0.3 is 0 Å². The molecular formula is C17H22F2N4O2S. The van der Waals surface area contributed by atoms with E-state index in [-0.39, 0.29) is 12.0 Å². The summed E-state index contributed by atoms with van der Waals surface area (Å²) in [6.45, 7) is 0. The molecule has 1 saturated carbocycles. The number of aromatic amines is 1. The lowest BCUT2D eigenvalue weighted by Crippen LogP contribution is -2.43. The van der Waals surface area contributed by atoms with Gasteiger partial charge in [-0.15, -0.1) is 0 Å². The lowest BCUT2D eigenvalue weighted by molar-refractivity contribution is 0.363. The van der Waals surface area contributed by atoms with E-state index in [0.717, 1.165) is 43.5 Å². The van der Waals surface area contributed by atoms with Crippen LogP contribution >= 0.6 is 0 Å². The summed E-state index contributed by atoms with van der Waals surface area (Å²) < 4.78 is 54.1. The van der Waals surface area contributed by atoms with Crippen LogP contribution in [-0.2, 0) is 10.2 Å². The fourth-order valence-corrected chi connectivity index (χ4v) is 4.06. The first-order valence-electron chi connectivity index (χ1n) is 8.47. The minimum absolute atomic E-state index is 0.0766. The van der Waals surface area contributed by atoms with E-state index >= 15 is 0 Å². The molecule has 0 saturated heterocycles. The summed E-state index contributed by atoms with van der Waals surface area (Å²) in [7, 11) is -0.426. The Morgan fingerprint density at radius 3 is 2.42 bits per heavy atom. The first-order valence-corrected chi connectivity index (χ1v) is 9.91. The molecule has 0 atom stereocenters. The third kappa shape index (κ3) is 4.11. The van der Waals surface area contributed by atoms with Crippen molar-refractivity contribution in [2.45, 2.75) is 37.6 Å². The van der Waals surface area contributed by atoms with Crippen molar-refractivity contribution in [1.82, 2.24) is 19.2 Å². The Kier molecular flexibility index (Phi) is 5.40. The van der Waals surface area contributed by atoms with Gasteiger partial charge in [0, 0.05) is 37.3 Å². The second kappa shape index (κ2) is 7.42. The zero-order chi connectivity index (χ0) is 18.9. The summed E-state index contributed by atoms with van der Waals surface area (Å²) in [6.07, 6.45) is 3.11. The van der Waals surface area contributed by atoms with Gasteiger partial charge in [0.05, 0.1) is 5.69 Å². The van der Waals surface area contributed by atoms with Gasteiger partial charge in [0.25, 0.3) is 10.2 Å². The van der Waals surface area contributed by atoms with E-state index in [4.69, 9.17) is 0 Å². The van der Waals surface area contributed by atoms with E-state index in [9.17, 15) is 17.2 Å². The van der Waals surface area contributed by atoms with Crippen molar-refractivity contribution in [3.63, 3.8) is 0 Å². The smallest absolute Gasteiger partial charge is 0.279 e. The monoisotopic (exact) mass is 384 g/mol. The number of benzene rings is 1. The van der Waals surface area contributed by atoms with Gasteiger partial charge in [-0.05, 0) is 49.9 Å². The highest BCUT2D eigenvalue weighted by Gasteiger charge is 2.27. The lowest BCUT2D eigenvalue weighted by Gasteiger charge is -2.29. The van der Waals surface area contributed by atoms with Crippen LogP contribution < -0.4 is 4.72 Å². The standard InChI is InChI=1S/C17H22F2N4O2S/c1-23(2)26(24,25)22-13-6-3-11(4-7-13)16-10-17(21-20-16)12-5-8-14(18)15(19)9-12/h5,8-11,13,22H,3-4,6-7H2,1-2H3,(H,20,21). The molecule has 1 aliphatic rings. The van der Waals surface area contributed by atoms with Gasteiger partial charge in [0.1, 0.15) is 0 Å². The molecule has 2 aromatic rings. The van der Waals surface area contributed by atoms with Crippen molar-refractivity contribution in [3.8, 4) is 11.3 Å². The highest BCUT2D eigenvalue weighted by Crippen LogP contribution is 2.33. The molecule has 1 fully saturated rings. The van der Waals surface area contributed by atoms with Gasteiger partial charge in [-0.2, -0.15) is 22.5 Å². The average molecular weight is 384 g/mol. The summed E-state index contributed by atoms with van der Waals surface area (Å²) in [5.74, 6) is -1.55. The Morgan fingerprint density at radius 1 is 1.12 bits per heavy atom. The van der Waals surface area contributed by atoms with E-state index < -0.39 is 21.8 Å². The maximum absolute atomic E-state index is 13.4. The Hall–Kier alpha value is -1.84. The molecule has 0 unspecified atom stereocenters. The summed E-state index contributed by atoms with van der Waals surface area (Å²) >= 11 is 0. The number of H-pyrrole nitrogens is 1. The van der Waals surface area contributed by atoms with Crippen LogP contribution in [0.1, 0.15) is 37.3 Å². The van der Waals surface area contributed by atoms with Crippen LogP contribution in [0.25, 0.3) is 11.3 Å². The predicted molar refractivity (Wildman–Crippen MR) is 94.7 cm³/mol. The fraction of sp³-hybridized carbons (Fsp3) is 0.471. The van der Waals surface area contributed by atoms with Crippen molar-refractivity contribution in [2.75, 3.05) is 14.1 Å². The normalized spacial score (nSPS) is 21.3. The third-order valence-corrected chi connectivity index (χ3v) is 6.37. The number of rotatable bonds is 5. The van der Waals surface area contributed by atoms with Crippen LogP contribution in [0, 0.1) is 11.6 Å². The molecule has 6 nitrogen and oxygen atoms in total. The molecule has 1 aromatic carbocycles. The number of nitrogens with zero attached hydrogens (tertiary/aromatic N) is 2. The molecule has 3 rings (SSSR count). The molecule has 2 N–H and O–H groups in total. The van der Waals surface area contributed by atoms with Crippen LogP contribution in [0.4, 0.5) is 8.78 Å². The Balaban J connectivity index is 1.64. The Labute approximate surface area is 151 Å². The van der Waals surface area contributed by atoms with Crippen molar-refractivity contribution >= 4 is 10.2 Å². The number of hydrogen-bond acceptors (Lipinski definition) is 3. The second-order valence-electron chi connectivity index (χ2n) is 6.79. The highest BCUT2D eigenvalue weighted by atomic mass is 32.2. The number of hydrogen-bond donors (Lipinski definition) is 2. The molecule has 1 heterocycles. The van der Waals surface area contributed by atoms with Crippen molar-refractivity contribution in [3.05, 3.63) is 41.6 Å². The van der Waals surface area contributed by atoms with Crippen molar-refractivity contribution in [1.29, 1.82) is 0 Å². The molecule has 0 spiro atoms. The van der Waals surface area contributed by atoms with Gasteiger partial charge in [-0.3, -0.25) is 5.10 Å². The van der Waals surface area contributed by atoms with Gasteiger partial charge in [-0.1, -0.05) is 0 Å². The van der Waals surface area contributed by atoms with Crippen LogP contribution in [0.5, 0.6) is 0 Å². The van der Waals surface area contributed by atoms with Crippen molar-refractivity contribution in [2.24, 2.45) is 0 Å². The fourth-order valence-electron chi connectivity index (χ4n) is 3.19. The molecule has 0 amide bonds. The van der Waals surface area contributed by atoms with Crippen molar-refractivity contribution < 1.29 is 17.2 Å². The van der Waals surface area contributed by atoms with Crippen LogP contribution in [0.2, 0.25) is 0 Å². The molecule has 0 aliphatic heterocycles. The molecule has 0 bridgehead atoms. The molecule has 26 heavy (non-hydrogen) atoms. The zero-order valence-electron chi connectivity index (χ0n) is 14.7. The maximum Gasteiger partial charge on any atom is 0.279 e. The Morgan fingerprint density at radius 2 is 1.81 bits per heavy atom. The SMILES string of the molecule is CN(C)S(=O)(=O)NC1CCC(c2cc(-c3ccc(F)c(F)c3)n[nH]2)CC1. The first-order chi connectivity index (χ1) is 12.3. The zero-order valence-corrected chi connectivity index (χ0v) is 15.5. The lowest BCUT2D eigenvalue weighted by atomic mass is 9.84. The maximum atomic E-state index is 13.4. The second-order valence-corrected chi connectivity index (χ2v) is 8.71. The molecule has 142 valence electrons. The quantitative estimate of drug-likeness (QED) is 0.832. The van der Waals surface area contributed by atoms with E-state index in [1.165, 1.54) is 24.5 Å². The van der Waals surface area contributed by atoms with E-state index in [2.05, 4.69) is 14.9 Å². The summed E-state index contributed by atoms with van der Waals surface area (Å²) in [6, 6.07) is 5.48. The average Bonchev–Trinajstić information content (AvgIpc) is 3.07. The summed E-state index contributed by atoms with van der Waals surface area (Å²) in [5, 5.41) is 7.18. The summed E-state index contributed by atoms with van der Waals surface area (Å²) in [5.41, 5.74) is 2.01. The third-order valence-electron chi connectivity index (χ3n) is 4.78. The number of halogens is 2. The topological polar surface area (TPSA) is 78.1 Å². The van der Waals surface area contributed by atoms with Crippen LogP contribution in [0.3, 0.4) is 0 Å². The van der Waals surface area contributed by atoms with E-state index in [0.29, 0.717) is 11.3 Å². The Bertz CT molecular complexity index is 875. The molecule has 0 radical (unpaired) electrons. The molecular weight excluding hydrogens is 362 g/mol. The van der Waals surface area contributed by atoms with E-state index in [1.54, 1.807) is 0 Å². The van der Waals surface area contributed by atoms with Gasteiger partial charge < -0.3 is 0 Å². The largest absolute Gasteiger partial charge is 0.282 e. The van der Waals surface area contributed by atoms with E-state index in [1.807, 2.05) is 6.07 Å². The van der Waals surface area contributed by atoms with Gasteiger partial charge in [-0.25, -0.2) is 8.78 Å².